The van der Waals surface area contributed by atoms with Crippen LogP contribution in [0.3, 0.4) is 0 Å². The third-order valence-corrected chi connectivity index (χ3v) is 6.29. The van der Waals surface area contributed by atoms with Gasteiger partial charge in [0.15, 0.2) is 0 Å². The molecular formula is C20H30N2O. The van der Waals surface area contributed by atoms with Crippen LogP contribution in [0.2, 0.25) is 0 Å². The Morgan fingerprint density at radius 3 is 2.74 bits per heavy atom. The minimum Gasteiger partial charge on any atom is -0.496 e. The van der Waals surface area contributed by atoms with Crippen LogP contribution in [0.5, 0.6) is 5.75 Å². The van der Waals surface area contributed by atoms with Gasteiger partial charge in [-0.2, -0.15) is 0 Å². The largest absolute Gasteiger partial charge is 0.496 e. The molecule has 2 saturated heterocycles. The lowest BCUT2D eigenvalue weighted by atomic mass is 9.79. The topological polar surface area (TPSA) is 15.7 Å². The average Bonchev–Trinajstić information content (AvgIpc) is 3.04. The fourth-order valence-corrected chi connectivity index (χ4v) is 5.08. The normalized spacial score (nSPS) is 28.4. The molecule has 0 saturated carbocycles. The van der Waals surface area contributed by atoms with E-state index in [0.717, 1.165) is 17.7 Å². The number of piperidine rings is 1. The fourth-order valence-electron chi connectivity index (χ4n) is 5.08. The molecule has 23 heavy (non-hydrogen) atoms. The Labute approximate surface area is 140 Å². The predicted octanol–water partition coefficient (Wildman–Crippen LogP) is 3.29. The van der Waals surface area contributed by atoms with Crippen molar-refractivity contribution in [1.82, 2.24) is 9.80 Å². The van der Waals surface area contributed by atoms with E-state index in [1.54, 1.807) is 12.7 Å². The number of benzene rings is 1. The van der Waals surface area contributed by atoms with E-state index in [9.17, 15) is 0 Å². The summed E-state index contributed by atoms with van der Waals surface area (Å²) in [6, 6.07) is 7.42. The smallest absolute Gasteiger partial charge is 0.122 e. The van der Waals surface area contributed by atoms with E-state index in [1.165, 1.54) is 76.8 Å². The summed E-state index contributed by atoms with van der Waals surface area (Å²) >= 11 is 0. The predicted molar refractivity (Wildman–Crippen MR) is 94.3 cm³/mol. The first kappa shape index (κ1) is 15.5. The number of hydrogen-bond donors (Lipinski definition) is 0. The Morgan fingerprint density at radius 1 is 1.04 bits per heavy atom. The fraction of sp³-hybridized carbons (Fsp3) is 0.700. The molecule has 1 aromatic carbocycles. The number of rotatable bonds is 4. The summed E-state index contributed by atoms with van der Waals surface area (Å²) in [5.74, 6) is 1.84. The second-order valence-electron chi connectivity index (χ2n) is 7.47. The maximum atomic E-state index is 5.59. The van der Waals surface area contributed by atoms with Gasteiger partial charge >= 0.3 is 0 Å². The van der Waals surface area contributed by atoms with Crippen LogP contribution in [-0.2, 0) is 6.42 Å². The highest BCUT2D eigenvalue weighted by Gasteiger charge is 2.39. The second kappa shape index (κ2) is 6.82. The van der Waals surface area contributed by atoms with Crippen LogP contribution >= 0.6 is 0 Å². The summed E-state index contributed by atoms with van der Waals surface area (Å²) in [6.07, 6.45) is 8.05. The number of fused-ring (bicyclic) bond motifs is 3. The molecule has 0 amide bonds. The van der Waals surface area contributed by atoms with Gasteiger partial charge in [-0.1, -0.05) is 18.6 Å². The lowest BCUT2D eigenvalue weighted by Crippen LogP contribution is -2.41. The molecule has 2 fully saturated rings. The molecule has 1 aliphatic carbocycles. The van der Waals surface area contributed by atoms with Gasteiger partial charge in [0.1, 0.15) is 5.75 Å². The molecule has 0 N–H and O–H groups in total. The summed E-state index contributed by atoms with van der Waals surface area (Å²) in [5, 5.41) is 0. The molecule has 2 unspecified atom stereocenters. The van der Waals surface area contributed by atoms with Crippen molar-refractivity contribution in [3.05, 3.63) is 29.3 Å². The minimum atomic E-state index is 0.732. The van der Waals surface area contributed by atoms with Gasteiger partial charge in [-0.25, -0.2) is 0 Å². The molecule has 0 radical (unpaired) electrons. The molecule has 3 aliphatic rings. The van der Waals surface area contributed by atoms with E-state index in [2.05, 4.69) is 28.0 Å². The Balaban J connectivity index is 1.42. The highest BCUT2D eigenvalue weighted by molar-refractivity contribution is 5.45. The summed E-state index contributed by atoms with van der Waals surface area (Å²) in [7, 11) is 1.81. The van der Waals surface area contributed by atoms with Crippen molar-refractivity contribution < 1.29 is 4.74 Å². The van der Waals surface area contributed by atoms with Gasteiger partial charge in [-0.3, -0.25) is 4.90 Å². The van der Waals surface area contributed by atoms with E-state index >= 15 is 0 Å². The van der Waals surface area contributed by atoms with Crippen LogP contribution in [0.15, 0.2) is 18.2 Å². The number of ether oxygens (including phenoxy) is 1. The molecule has 126 valence electrons. The monoisotopic (exact) mass is 314 g/mol. The van der Waals surface area contributed by atoms with Gasteiger partial charge < -0.3 is 9.64 Å². The lowest BCUT2D eigenvalue weighted by molar-refractivity contribution is 0.164. The highest BCUT2D eigenvalue weighted by atomic mass is 16.5. The molecule has 0 bridgehead atoms. The van der Waals surface area contributed by atoms with Crippen molar-refractivity contribution in [2.45, 2.75) is 50.5 Å². The quantitative estimate of drug-likeness (QED) is 0.848. The van der Waals surface area contributed by atoms with Crippen LogP contribution in [-0.4, -0.2) is 55.7 Å². The van der Waals surface area contributed by atoms with E-state index < -0.39 is 0 Å². The summed E-state index contributed by atoms with van der Waals surface area (Å²) < 4.78 is 5.59. The van der Waals surface area contributed by atoms with Crippen LogP contribution in [0.1, 0.15) is 49.1 Å². The van der Waals surface area contributed by atoms with Crippen molar-refractivity contribution in [3.8, 4) is 5.75 Å². The SMILES string of the molecule is COc1cccc2c1CCC1C2CCN1CCN1CCCCC1. The van der Waals surface area contributed by atoms with E-state index in [0.29, 0.717) is 0 Å². The molecule has 0 aromatic heterocycles. The second-order valence-corrected chi connectivity index (χ2v) is 7.47. The van der Waals surface area contributed by atoms with Gasteiger partial charge in [0, 0.05) is 25.0 Å². The minimum absolute atomic E-state index is 0.732. The molecule has 2 atom stereocenters. The molecule has 1 aromatic rings. The van der Waals surface area contributed by atoms with E-state index in [-0.39, 0.29) is 0 Å². The van der Waals surface area contributed by atoms with Gasteiger partial charge in [0.05, 0.1) is 7.11 Å². The third kappa shape index (κ3) is 3.01. The molecule has 2 heterocycles. The zero-order valence-corrected chi connectivity index (χ0v) is 14.5. The van der Waals surface area contributed by atoms with E-state index in [1.807, 2.05) is 0 Å². The number of methoxy groups -OCH3 is 1. The zero-order chi connectivity index (χ0) is 15.6. The Bertz CT molecular complexity index is 538. The number of nitrogens with zero attached hydrogens (tertiary/aromatic N) is 2. The number of likely N-dealkylation sites (tertiary alicyclic amines) is 2. The van der Waals surface area contributed by atoms with Crippen molar-refractivity contribution in [3.63, 3.8) is 0 Å². The first-order valence-electron chi connectivity index (χ1n) is 9.49. The van der Waals surface area contributed by atoms with E-state index in [4.69, 9.17) is 4.74 Å². The van der Waals surface area contributed by atoms with Gasteiger partial charge in [-0.15, -0.1) is 0 Å². The molecule has 4 rings (SSSR count). The molecule has 0 spiro atoms. The zero-order valence-electron chi connectivity index (χ0n) is 14.5. The van der Waals surface area contributed by atoms with Gasteiger partial charge in [0.2, 0.25) is 0 Å². The third-order valence-electron chi connectivity index (χ3n) is 6.29. The Kier molecular flexibility index (Phi) is 4.59. The van der Waals surface area contributed by atoms with Crippen molar-refractivity contribution in [1.29, 1.82) is 0 Å². The van der Waals surface area contributed by atoms with Crippen LogP contribution < -0.4 is 4.74 Å². The molecule has 3 nitrogen and oxygen atoms in total. The van der Waals surface area contributed by atoms with Crippen LogP contribution in [0.25, 0.3) is 0 Å². The summed E-state index contributed by atoms with van der Waals surface area (Å²) in [6.45, 7) is 6.46. The molecule has 3 heteroatoms. The first-order chi connectivity index (χ1) is 11.4. The lowest BCUT2D eigenvalue weighted by Gasteiger charge is -2.35. The maximum absolute atomic E-state index is 5.59. The van der Waals surface area contributed by atoms with Gasteiger partial charge in [0.25, 0.3) is 0 Å². The average molecular weight is 314 g/mol. The Hall–Kier alpha value is -1.06. The molecular weight excluding hydrogens is 284 g/mol. The van der Waals surface area contributed by atoms with Crippen molar-refractivity contribution in [2.24, 2.45) is 0 Å². The first-order valence-corrected chi connectivity index (χ1v) is 9.49. The van der Waals surface area contributed by atoms with Crippen LogP contribution in [0, 0.1) is 0 Å². The maximum Gasteiger partial charge on any atom is 0.122 e. The standard InChI is InChI=1S/C20H30N2O/c1-23-20-7-5-6-16-17-10-13-22(19(17)9-8-18(16)20)15-14-21-11-3-2-4-12-21/h5-7,17,19H,2-4,8-15H2,1H3. The van der Waals surface area contributed by atoms with Gasteiger partial charge in [-0.05, 0) is 68.9 Å². The summed E-state index contributed by atoms with van der Waals surface area (Å²) in [5.41, 5.74) is 3.05. The Morgan fingerprint density at radius 2 is 1.91 bits per heavy atom. The van der Waals surface area contributed by atoms with Crippen molar-refractivity contribution in [2.75, 3.05) is 39.8 Å². The number of hydrogen-bond acceptors (Lipinski definition) is 3. The van der Waals surface area contributed by atoms with Crippen molar-refractivity contribution >= 4 is 0 Å². The van der Waals surface area contributed by atoms with Crippen LogP contribution in [0.4, 0.5) is 0 Å². The highest BCUT2D eigenvalue weighted by Crippen LogP contribution is 2.43. The summed E-state index contributed by atoms with van der Waals surface area (Å²) in [4.78, 5) is 5.46. The molecule has 2 aliphatic heterocycles.